The second-order valence-electron chi connectivity index (χ2n) is 8.63. The number of ether oxygens (including phenoxy) is 1. The van der Waals surface area contributed by atoms with Gasteiger partial charge in [-0.2, -0.15) is 0 Å². The number of rotatable bonds is 6. The fraction of sp³-hybridized carbons (Fsp3) is 0.280. The van der Waals surface area contributed by atoms with Gasteiger partial charge in [-0.3, -0.25) is 19.7 Å². The number of nitro benzene ring substituents is 1. The third-order valence-corrected chi connectivity index (χ3v) is 6.47. The first-order valence-corrected chi connectivity index (χ1v) is 10.9. The summed E-state index contributed by atoms with van der Waals surface area (Å²) in [6.07, 6.45) is -0.940. The van der Waals surface area contributed by atoms with E-state index in [0.29, 0.717) is 16.7 Å². The van der Waals surface area contributed by atoms with Crippen LogP contribution in [0.2, 0.25) is 0 Å². The molecule has 2 heterocycles. The van der Waals surface area contributed by atoms with Gasteiger partial charge >= 0.3 is 11.9 Å². The third kappa shape index (κ3) is 4.01. The highest BCUT2D eigenvalue weighted by atomic mass is 16.6. The van der Waals surface area contributed by atoms with E-state index in [-0.39, 0.29) is 28.6 Å². The Labute approximate surface area is 199 Å². The molecule has 0 unspecified atom stereocenters. The van der Waals surface area contributed by atoms with E-state index >= 15 is 0 Å². The lowest BCUT2D eigenvalue weighted by Gasteiger charge is -2.46. The summed E-state index contributed by atoms with van der Waals surface area (Å²) in [6.45, 7) is 4.74. The maximum atomic E-state index is 13.2. The number of amides is 1. The van der Waals surface area contributed by atoms with E-state index in [1.807, 2.05) is 6.92 Å². The van der Waals surface area contributed by atoms with Gasteiger partial charge in [-0.05, 0) is 37.1 Å². The van der Waals surface area contributed by atoms with E-state index in [9.17, 15) is 34.4 Å². The van der Waals surface area contributed by atoms with Crippen molar-refractivity contribution in [1.29, 1.82) is 0 Å². The van der Waals surface area contributed by atoms with Gasteiger partial charge in [0, 0.05) is 23.6 Å². The molecule has 2 aromatic carbocycles. The SMILES string of the molecule is CC(=O)c1ccc(C2=C(C(=O)OC(=O)c3ccc([N+](=O)[O-])cc3)N3C(=O)[C@H]([C@@H](C)O)[C@H]3[C@H]2C)cc1. The Hall–Kier alpha value is -4.18. The van der Waals surface area contributed by atoms with Gasteiger partial charge in [-0.15, -0.1) is 0 Å². The predicted octanol–water partition coefficient (Wildman–Crippen LogP) is 2.75. The number of nitrogens with zero attached hydrogens (tertiary/aromatic N) is 2. The number of non-ortho nitro benzene ring substituents is 1. The molecule has 0 aliphatic carbocycles. The van der Waals surface area contributed by atoms with Crippen LogP contribution in [0, 0.1) is 22.0 Å². The van der Waals surface area contributed by atoms with Crippen LogP contribution in [0.4, 0.5) is 5.69 Å². The van der Waals surface area contributed by atoms with Crippen molar-refractivity contribution in [3.63, 3.8) is 0 Å². The van der Waals surface area contributed by atoms with Crippen LogP contribution in [0.25, 0.3) is 5.57 Å². The van der Waals surface area contributed by atoms with Crippen LogP contribution in [0.3, 0.4) is 0 Å². The van der Waals surface area contributed by atoms with Gasteiger partial charge in [0.1, 0.15) is 5.70 Å². The van der Waals surface area contributed by atoms with Gasteiger partial charge < -0.3 is 14.7 Å². The summed E-state index contributed by atoms with van der Waals surface area (Å²) in [4.78, 5) is 61.8. The number of aliphatic hydroxyl groups excluding tert-OH is 1. The highest BCUT2D eigenvalue weighted by molar-refractivity contribution is 6.11. The molecule has 0 bridgehead atoms. The van der Waals surface area contributed by atoms with Gasteiger partial charge in [0.2, 0.25) is 5.91 Å². The quantitative estimate of drug-likeness (QED) is 0.167. The van der Waals surface area contributed by atoms with Crippen LogP contribution in [-0.4, -0.2) is 50.7 Å². The van der Waals surface area contributed by atoms with E-state index in [4.69, 9.17) is 4.74 Å². The van der Waals surface area contributed by atoms with Crippen molar-refractivity contribution in [2.75, 3.05) is 0 Å². The van der Waals surface area contributed by atoms with Crippen LogP contribution < -0.4 is 0 Å². The number of carbonyl (C=O) groups is 4. The number of β-lactam (4-membered cyclic amide) rings is 1. The first-order chi connectivity index (χ1) is 16.5. The molecule has 2 aliphatic rings. The Morgan fingerprint density at radius 3 is 2.11 bits per heavy atom. The van der Waals surface area contributed by atoms with Crippen molar-refractivity contribution in [3.8, 4) is 0 Å². The lowest BCUT2D eigenvalue weighted by atomic mass is 9.77. The average Bonchev–Trinajstić information content (AvgIpc) is 3.07. The minimum absolute atomic E-state index is 0.0729. The topological polar surface area (TPSA) is 144 Å². The van der Waals surface area contributed by atoms with Gasteiger partial charge in [0.25, 0.3) is 5.69 Å². The Balaban J connectivity index is 1.70. The molecule has 180 valence electrons. The molecule has 1 saturated heterocycles. The van der Waals surface area contributed by atoms with Crippen molar-refractivity contribution >= 4 is 34.9 Å². The van der Waals surface area contributed by atoms with E-state index in [2.05, 4.69) is 0 Å². The van der Waals surface area contributed by atoms with Crippen LogP contribution in [0.1, 0.15) is 47.1 Å². The molecule has 0 aromatic heterocycles. The fourth-order valence-corrected chi connectivity index (χ4v) is 4.74. The number of esters is 2. The highest BCUT2D eigenvalue weighted by Crippen LogP contribution is 2.50. The predicted molar refractivity (Wildman–Crippen MR) is 122 cm³/mol. The standard InChI is InChI=1S/C25H22N2O8/c1-12-19(16-6-4-15(5-7-16)13(2)28)22(26-21(12)20(14(3)29)23(26)30)25(32)35-24(31)17-8-10-18(11-9-17)27(33)34/h4-12,14,20-21,29H,1-3H3/t12-,14+,20+,21+/m0/s1. The summed E-state index contributed by atoms with van der Waals surface area (Å²) in [7, 11) is 0. The maximum absolute atomic E-state index is 13.2. The minimum atomic E-state index is -1.05. The van der Waals surface area contributed by atoms with Gasteiger partial charge in [-0.25, -0.2) is 9.59 Å². The normalized spacial score (nSPS) is 21.8. The van der Waals surface area contributed by atoms with E-state index in [1.165, 1.54) is 30.9 Å². The zero-order valence-electron chi connectivity index (χ0n) is 19.1. The average molecular weight is 478 g/mol. The van der Waals surface area contributed by atoms with Gasteiger partial charge in [0.05, 0.1) is 28.6 Å². The number of nitro groups is 1. The van der Waals surface area contributed by atoms with Gasteiger partial charge in [0.15, 0.2) is 5.78 Å². The molecule has 4 atom stereocenters. The number of fused-ring (bicyclic) bond motifs is 1. The number of hydrogen-bond donors (Lipinski definition) is 1. The Kier molecular flexibility index (Phi) is 6.08. The van der Waals surface area contributed by atoms with Gasteiger partial charge in [-0.1, -0.05) is 31.2 Å². The zero-order chi connectivity index (χ0) is 25.6. The molecule has 1 amide bonds. The summed E-state index contributed by atoms with van der Waals surface area (Å²) in [5.74, 6) is -3.75. The van der Waals surface area contributed by atoms with Crippen LogP contribution in [-0.2, 0) is 14.3 Å². The number of hydrogen-bond acceptors (Lipinski definition) is 8. The molecular weight excluding hydrogens is 456 g/mol. The number of aliphatic hydroxyl groups is 1. The second-order valence-corrected chi connectivity index (χ2v) is 8.63. The molecule has 2 aromatic rings. The molecule has 10 heteroatoms. The van der Waals surface area contributed by atoms with E-state index in [1.54, 1.807) is 24.3 Å². The van der Waals surface area contributed by atoms with Crippen molar-refractivity contribution in [2.24, 2.45) is 11.8 Å². The molecule has 0 radical (unpaired) electrons. The Morgan fingerprint density at radius 2 is 1.60 bits per heavy atom. The largest absolute Gasteiger partial charge is 0.393 e. The number of carbonyl (C=O) groups excluding carboxylic acids is 4. The van der Waals surface area contributed by atoms with Crippen molar-refractivity contribution < 1.29 is 33.9 Å². The van der Waals surface area contributed by atoms with E-state index in [0.717, 1.165) is 12.1 Å². The second kappa shape index (κ2) is 8.88. The Bertz CT molecular complexity index is 1280. The third-order valence-electron chi connectivity index (χ3n) is 6.47. The molecule has 1 N–H and O–H groups in total. The van der Waals surface area contributed by atoms with Crippen molar-refractivity contribution in [2.45, 2.75) is 32.9 Å². The number of benzene rings is 2. The minimum Gasteiger partial charge on any atom is -0.393 e. The summed E-state index contributed by atoms with van der Waals surface area (Å²) >= 11 is 0. The smallest absolute Gasteiger partial charge is 0.363 e. The van der Waals surface area contributed by atoms with Crippen molar-refractivity contribution in [1.82, 2.24) is 4.90 Å². The molecule has 10 nitrogen and oxygen atoms in total. The first-order valence-electron chi connectivity index (χ1n) is 10.9. The highest BCUT2D eigenvalue weighted by Gasteiger charge is 2.60. The molecule has 2 aliphatic heterocycles. The Morgan fingerprint density at radius 1 is 1.03 bits per heavy atom. The van der Waals surface area contributed by atoms with Crippen LogP contribution >= 0.6 is 0 Å². The summed E-state index contributed by atoms with van der Waals surface area (Å²) in [5, 5.41) is 20.9. The first kappa shape index (κ1) is 24.0. The molecular formula is C25H22N2O8. The monoisotopic (exact) mass is 478 g/mol. The molecule has 0 saturated carbocycles. The van der Waals surface area contributed by atoms with Crippen LogP contribution in [0.5, 0.6) is 0 Å². The zero-order valence-corrected chi connectivity index (χ0v) is 19.1. The van der Waals surface area contributed by atoms with Crippen molar-refractivity contribution in [3.05, 3.63) is 81.0 Å². The number of ketones is 1. The fourth-order valence-electron chi connectivity index (χ4n) is 4.74. The molecule has 0 spiro atoms. The maximum Gasteiger partial charge on any atom is 0.363 e. The lowest BCUT2D eigenvalue weighted by Crippen LogP contribution is -2.63. The van der Waals surface area contributed by atoms with E-state index < -0.39 is 40.8 Å². The van der Waals surface area contributed by atoms with Crippen LogP contribution in [0.15, 0.2) is 54.2 Å². The lowest BCUT2D eigenvalue weighted by molar-refractivity contribution is -0.384. The molecule has 4 rings (SSSR count). The summed E-state index contributed by atoms with van der Waals surface area (Å²) in [6, 6.07) is 10.6. The number of Topliss-reactive ketones (excluding diaryl/α,β-unsaturated/α-hetero) is 1. The molecule has 35 heavy (non-hydrogen) atoms. The summed E-state index contributed by atoms with van der Waals surface area (Å²) in [5.41, 5.74) is 1.10. The molecule has 1 fully saturated rings. The summed E-state index contributed by atoms with van der Waals surface area (Å²) < 4.78 is 5.06.